The molecular weight excluding hydrogens is 398 g/mol. The van der Waals surface area contributed by atoms with Crippen LogP contribution in [0.15, 0.2) is 57.4 Å². The number of rotatable bonds is 4. The van der Waals surface area contributed by atoms with Gasteiger partial charge in [0.25, 0.3) is 0 Å². The summed E-state index contributed by atoms with van der Waals surface area (Å²) < 4.78 is 0.559. The van der Waals surface area contributed by atoms with Gasteiger partial charge in [0.1, 0.15) is 5.75 Å². The van der Waals surface area contributed by atoms with Crippen LogP contribution in [0.5, 0.6) is 5.75 Å². The summed E-state index contributed by atoms with van der Waals surface area (Å²) >= 11 is 10.8. The van der Waals surface area contributed by atoms with E-state index in [0.717, 1.165) is 11.3 Å². The van der Waals surface area contributed by atoms with E-state index < -0.39 is 0 Å². The highest BCUT2D eigenvalue weighted by Gasteiger charge is 2.08. The van der Waals surface area contributed by atoms with Gasteiger partial charge in [-0.05, 0) is 28.1 Å². The average Bonchev–Trinajstić information content (AvgIpc) is 3.04. The third-order valence-corrected chi connectivity index (χ3v) is 4.76. The van der Waals surface area contributed by atoms with Crippen LogP contribution < -0.4 is 5.43 Å². The van der Waals surface area contributed by atoms with Crippen molar-refractivity contribution in [1.29, 1.82) is 0 Å². The average molecular weight is 409 g/mol. The van der Waals surface area contributed by atoms with Crippen LogP contribution in [0.3, 0.4) is 0 Å². The Labute approximate surface area is 150 Å². The highest BCUT2D eigenvalue weighted by molar-refractivity contribution is 9.10. The van der Waals surface area contributed by atoms with Crippen LogP contribution >= 0.6 is 38.9 Å². The minimum absolute atomic E-state index is 0.0483. The molecule has 0 saturated carbocycles. The zero-order valence-electron chi connectivity index (χ0n) is 11.7. The monoisotopic (exact) mass is 407 g/mol. The van der Waals surface area contributed by atoms with Gasteiger partial charge in [-0.25, -0.2) is 4.98 Å². The van der Waals surface area contributed by atoms with Crippen molar-refractivity contribution < 1.29 is 5.11 Å². The fourth-order valence-electron chi connectivity index (χ4n) is 1.90. The maximum absolute atomic E-state index is 9.97. The molecule has 7 heteroatoms. The van der Waals surface area contributed by atoms with Crippen LogP contribution in [-0.4, -0.2) is 16.3 Å². The Morgan fingerprint density at radius 1 is 1.22 bits per heavy atom. The number of nitrogens with one attached hydrogen (secondary N) is 1. The third kappa shape index (κ3) is 3.72. The molecule has 116 valence electrons. The van der Waals surface area contributed by atoms with Crippen LogP contribution in [0, 0.1) is 0 Å². The summed E-state index contributed by atoms with van der Waals surface area (Å²) in [6.07, 6.45) is 1.46. The topological polar surface area (TPSA) is 57.5 Å². The zero-order chi connectivity index (χ0) is 16.2. The molecule has 4 nitrogen and oxygen atoms in total. The number of hydrazone groups is 1. The second kappa shape index (κ2) is 7.12. The molecule has 0 radical (unpaired) electrons. The number of anilines is 1. The summed E-state index contributed by atoms with van der Waals surface area (Å²) in [5, 5.41) is 17.1. The Hall–Kier alpha value is -1.89. The number of hydrogen-bond acceptors (Lipinski definition) is 5. The van der Waals surface area contributed by atoms with Crippen molar-refractivity contribution in [3.05, 3.63) is 62.9 Å². The van der Waals surface area contributed by atoms with Crippen molar-refractivity contribution in [3.8, 4) is 17.0 Å². The molecule has 2 N–H and O–H groups in total. The molecule has 0 spiro atoms. The summed E-state index contributed by atoms with van der Waals surface area (Å²) in [6, 6.07) is 13.3. The molecule has 0 fully saturated rings. The zero-order valence-corrected chi connectivity index (χ0v) is 14.9. The number of phenols is 1. The smallest absolute Gasteiger partial charge is 0.203 e. The van der Waals surface area contributed by atoms with E-state index in [1.165, 1.54) is 17.6 Å². The van der Waals surface area contributed by atoms with Crippen LogP contribution in [0.2, 0.25) is 5.02 Å². The molecule has 0 aliphatic heterocycles. The van der Waals surface area contributed by atoms with Gasteiger partial charge in [-0.1, -0.05) is 41.9 Å². The predicted molar refractivity (Wildman–Crippen MR) is 99.6 cm³/mol. The fourth-order valence-corrected chi connectivity index (χ4v) is 3.11. The highest BCUT2D eigenvalue weighted by Crippen LogP contribution is 2.32. The Kier molecular flexibility index (Phi) is 4.95. The maximum atomic E-state index is 9.97. The molecule has 3 aromatic rings. The Balaban J connectivity index is 1.75. The van der Waals surface area contributed by atoms with Crippen molar-refractivity contribution in [2.75, 3.05) is 5.43 Å². The predicted octanol–water partition coefficient (Wildman–Crippen LogP) is 5.38. The lowest BCUT2D eigenvalue weighted by molar-refractivity contribution is 0.471. The number of hydrogen-bond donors (Lipinski definition) is 2. The molecule has 0 aliphatic carbocycles. The molecule has 0 saturated heterocycles. The number of phenolic OH excluding ortho intramolecular Hbond substituents is 1. The van der Waals surface area contributed by atoms with Crippen LogP contribution in [0.25, 0.3) is 11.3 Å². The normalized spacial score (nSPS) is 11.0. The number of nitrogens with zero attached hydrogens (tertiary/aromatic N) is 2. The second-order valence-corrected chi connectivity index (χ2v) is 6.69. The maximum Gasteiger partial charge on any atom is 0.203 e. The van der Waals surface area contributed by atoms with Crippen molar-refractivity contribution in [2.45, 2.75) is 0 Å². The minimum Gasteiger partial charge on any atom is -0.506 e. The van der Waals surface area contributed by atoms with E-state index in [4.69, 9.17) is 11.6 Å². The van der Waals surface area contributed by atoms with Gasteiger partial charge in [0.15, 0.2) is 0 Å². The van der Waals surface area contributed by atoms with Gasteiger partial charge in [0.05, 0.1) is 27.0 Å². The molecule has 0 amide bonds. The van der Waals surface area contributed by atoms with Crippen LogP contribution in [0.1, 0.15) is 5.56 Å². The van der Waals surface area contributed by atoms with Gasteiger partial charge in [0, 0.05) is 10.9 Å². The lowest BCUT2D eigenvalue weighted by atomic mass is 10.2. The molecule has 1 aromatic heterocycles. The summed E-state index contributed by atoms with van der Waals surface area (Å²) in [6.45, 7) is 0. The van der Waals surface area contributed by atoms with Gasteiger partial charge in [-0.3, -0.25) is 5.43 Å². The lowest BCUT2D eigenvalue weighted by Crippen LogP contribution is -1.92. The largest absolute Gasteiger partial charge is 0.506 e. The van der Waals surface area contributed by atoms with Crippen molar-refractivity contribution in [1.82, 2.24) is 4.98 Å². The molecule has 0 atom stereocenters. The Bertz CT molecular complexity index is 852. The fraction of sp³-hybridized carbons (Fsp3) is 0. The quantitative estimate of drug-likeness (QED) is 0.450. The van der Waals surface area contributed by atoms with Gasteiger partial charge in [-0.15, -0.1) is 11.3 Å². The highest BCUT2D eigenvalue weighted by atomic mass is 79.9. The molecule has 1 heterocycles. The number of aromatic nitrogens is 1. The number of thiazole rings is 1. The van der Waals surface area contributed by atoms with E-state index in [1.807, 2.05) is 35.7 Å². The summed E-state index contributed by atoms with van der Waals surface area (Å²) in [4.78, 5) is 4.46. The van der Waals surface area contributed by atoms with E-state index in [9.17, 15) is 5.11 Å². The first-order chi connectivity index (χ1) is 11.1. The number of aromatic hydroxyl groups is 1. The van der Waals surface area contributed by atoms with Gasteiger partial charge in [-0.2, -0.15) is 5.10 Å². The first-order valence-corrected chi connectivity index (χ1v) is 8.67. The SMILES string of the molecule is Oc1c(Br)ccc(Cl)c1C=NNc1nc(-c2ccccc2)cs1. The van der Waals surface area contributed by atoms with Crippen molar-refractivity contribution in [2.24, 2.45) is 5.10 Å². The van der Waals surface area contributed by atoms with Gasteiger partial charge < -0.3 is 5.11 Å². The van der Waals surface area contributed by atoms with Crippen molar-refractivity contribution >= 4 is 50.2 Å². The van der Waals surface area contributed by atoms with E-state index >= 15 is 0 Å². The van der Waals surface area contributed by atoms with Gasteiger partial charge in [0.2, 0.25) is 5.13 Å². The lowest BCUT2D eigenvalue weighted by Gasteiger charge is -2.03. The Morgan fingerprint density at radius 2 is 2.00 bits per heavy atom. The number of benzene rings is 2. The van der Waals surface area contributed by atoms with Crippen LogP contribution in [-0.2, 0) is 0 Å². The molecule has 3 rings (SSSR count). The van der Waals surface area contributed by atoms with E-state index in [0.29, 0.717) is 20.2 Å². The third-order valence-electron chi connectivity index (χ3n) is 3.04. The summed E-state index contributed by atoms with van der Waals surface area (Å²) in [5.41, 5.74) is 5.22. The second-order valence-electron chi connectivity index (χ2n) is 4.57. The van der Waals surface area contributed by atoms with E-state index in [-0.39, 0.29) is 5.75 Å². The molecule has 0 bridgehead atoms. The van der Waals surface area contributed by atoms with Crippen LogP contribution in [0.4, 0.5) is 5.13 Å². The molecular formula is C16H11BrClN3OS. The minimum atomic E-state index is 0.0483. The van der Waals surface area contributed by atoms with Crippen molar-refractivity contribution in [3.63, 3.8) is 0 Å². The van der Waals surface area contributed by atoms with Gasteiger partial charge >= 0.3 is 0 Å². The molecule has 2 aromatic carbocycles. The number of halogens is 2. The first-order valence-electron chi connectivity index (χ1n) is 6.62. The first kappa shape index (κ1) is 16.0. The summed E-state index contributed by atoms with van der Waals surface area (Å²) in [5.74, 6) is 0.0483. The standard InChI is InChI=1S/C16H11BrClN3OS/c17-12-6-7-13(18)11(15(12)22)8-19-21-16-20-14(9-23-16)10-4-2-1-3-5-10/h1-9,22H,(H,20,21). The molecule has 23 heavy (non-hydrogen) atoms. The molecule has 0 aliphatic rings. The van der Waals surface area contributed by atoms with E-state index in [1.54, 1.807) is 12.1 Å². The Morgan fingerprint density at radius 3 is 2.78 bits per heavy atom. The van der Waals surface area contributed by atoms with E-state index in [2.05, 4.69) is 31.4 Å². The summed E-state index contributed by atoms with van der Waals surface area (Å²) in [7, 11) is 0. The molecule has 0 unspecified atom stereocenters.